The Morgan fingerprint density at radius 1 is 0.700 bits per heavy atom. The van der Waals surface area contributed by atoms with Crippen LogP contribution in [0.2, 0.25) is 0 Å². The van der Waals surface area contributed by atoms with Gasteiger partial charge in [0.25, 0.3) is 0 Å². The van der Waals surface area contributed by atoms with Crippen LogP contribution in [0.15, 0.2) is 0 Å². The van der Waals surface area contributed by atoms with E-state index in [9.17, 15) is 4.79 Å². The van der Waals surface area contributed by atoms with E-state index in [4.69, 9.17) is 0 Å². The van der Waals surface area contributed by atoms with Crippen molar-refractivity contribution in [1.29, 1.82) is 0 Å². The van der Waals surface area contributed by atoms with Crippen LogP contribution in [-0.4, -0.2) is 75.0 Å². The summed E-state index contributed by atoms with van der Waals surface area (Å²) >= 11 is 0. The molecule has 4 heteroatoms. The van der Waals surface area contributed by atoms with Crippen LogP contribution < -0.4 is 0 Å². The molecule has 0 aromatic rings. The van der Waals surface area contributed by atoms with Crippen molar-refractivity contribution in [2.75, 3.05) is 54.4 Å². The van der Waals surface area contributed by atoms with Crippen molar-refractivity contribution in [3.05, 3.63) is 0 Å². The van der Waals surface area contributed by atoms with Gasteiger partial charge >= 0.3 is 0 Å². The Morgan fingerprint density at radius 3 is 1.67 bits per heavy atom. The maximum atomic E-state index is 13.7. The summed E-state index contributed by atoms with van der Waals surface area (Å²) in [5.74, 6) is 1.25. The molecule has 0 heterocycles. The fourth-order valence-corrected chi connectivity index (χ4v) is 5.98. The van der Waals surface area contributed by atoms with E-state index in [0.717, 1.165) is 51.4 Å². The lowest BCUT2D eigenvalue weighted by atomic mass is 9.61. The number of amides is 1. The Labute approximate surface area is 187 Å². The molecule has 0 spiro atoms. The van der Waals surface area contributed by atoms with Crippen LogP contribution in [0.3, 0.4) is 0 Å². The first-order valence-electron chi connectivity index (χ1n) is 13.0. The fourth-order valence-electron chi connectivity index (χ4n) is 5.98. The predicted molar refractivity (Wildman–Crippen MR) is 129 cm³/mol. The number of carbonyl (C=O) groups excluding carboxylic acids is 1. The first-order chi connectivity index (χ1) is 14.4. The van der Waals surface area contributed by atoms with Gasteiger partial charge in [-0.05, 0) is 91.1 Å². The average molecular weight is 422 g/mol. The highest BCUT2D eigenvalue weighted by molar-refractivity contribution is 5.77. The maximum Gasteiger partial charge on any atom is 0.223 e. The zero-order valence-corrected chi connectivity index (χ0v) is 20.8. The van der Waals surface area contributed by atoms with Gasteiger partial charge in [0, 0.05) is 19.5 Å². The minimum absolute atomic E-state index is 0.291. The van der Waals surface area contributed by atoms with Gasteiger partial charge in [0.05, 0.1) is 0 Å². The predicted octanol–water partition coefficient (Wildman–Crippen LogP) is 5.42. The van der Waals surface area contributed by atoms with E-state index < -0.39 is 0 Å². The molecule has 2 rings (SSSR count). The van der Waals surface area contributed by atoms with E-state index in [1.807, 2.05) is 0 Å². The monoisotopic (exact) mass is 421 g/mol. The van der Waals surface area contributed by atoms with Crippen molar-refractivity contribution in [2.45, 2.75) is 96.3 Å². The average Bonchev–Trinajstić information content (AvgIpc) is 2.69. The van der Waals surface area contributed by atoms with Gasteiger partial charge in [-0.15, -0.1) is 0 Å². The molecule has 2 fully saturated rings. The molecule has 0 aromatic heterocycles. The summed E-state index contributed by atoms with van der Waals surface area (Å²) in [7, 11) is 8.52. The lowest BCUT2D eigenvalue weighted by molar-refractivity contribution is -0.136. The van der Waals surface area contributed by atoms with Crippen LogP contribution in [0.1, 0.15) is 96.3 Å². The van der Waals surface area contributed by atoms with Crippen molar-refractivity contribution in [2.24, 2.45) is 11.3 Å². The topological polar surface area (TPSA) is 26.8 Å². The summed E-state index contributed by atoms with van der Waals surface area (Å²) < 4.78 is 0. The number of rotatable bonds is 11. The minimum atomic E-state index is 0.291. The molecule has 30 heavy (non-hydrogen) atoms. The standard InChI is InChI=1S/C26H51N3O/c1-27(2)19-13-21-29(22-14-20-28(3)4)25(30)23-26(24-15-9-8-10-16-24)17-11-6-5-7-12-18-26/h24H,5-23H2,1-4H3. The van der Waals surface area contributed by atoms with Gasteiger partial charge in [-0.3, -0.25) is 4.79 Å². The van der Waals surface area contributed by atoms with E-state index in [1.165, 1.54) is 77.0 Å². The Hall–Kier alpha value is -0.610. The van der Waals surface area contributed by atoms with E-state index in [-0.39, 0.29) is 0 Å². The molecule has 176 valence electrons. The zero-order chi connectivity index (χ0) is 21.8. The van der Waals surface area contributed by atoms with Crippen LogP contribution >= 0.6 is 0 Å². The minimum Gasteiger partial charge on any atom is -0.343 e. The van der Waals surface area contributed by atoms with Crippen molar-refractivity contribution < 1.29 is 4.79 Å². The SMILES string of the molecule is CN(C)CCCN(CCCN(C)C)C(=O)CC1(C2CCCCC2)CCCCCCC1. The van der Waals surface area contributed by atoms with Crippen molar-refractivity contribution in [1.82, 2.24) is 14.7 Å². The third kappa shape index (κ3) is 8.86. The van der Waals surface area contributed by atoms with Crippen LogP contribution in [0, 0.1) is 11.3 Å². The van der Waals surface area contributed by atoms with Crippen molar-refractivity contribution in [3.63, 3.8) is 0 Å². The molecule has 0 saturated heterocycles. The quantitative estimate of drug-likeness (QED) is 0.446. The number of hydrogen-bond donors (Lipinski definition) is 0. The molecule has 0 atom stereocenters. The van der Waals surface area contributed by atoms with Crippen LogP contribution in [-0.2, 0) is 4.79 Å². The Bertz CT molecular complexity index is 449. The van der Waals surface area contributed by atoms with E-state index >= 15 is 0 Å². The number of hydrogen-bond acceptors (Lipinski definition) is 3. The molecule has 0 aliphatic heterocycles. The summed E-state index contributed by atoms with van der Waals surface area (Å²) in [5.41, 5.74) is 0.291. The number of carbonyl (C=O) groups is 1. The van der Waals surface area contributed by atoms with Gasteiger partial charge in [-0.25, -0.2) is 0 Å². The first-order valence-corrected chi connectivity index (χ1v) is 13.0. The molecular formula is C26H51N3O. The Morgan fingerprint density at radius 2 is 1.17 bits per heavy atom. The van der Waals surface area contributed by atoms with Crippen LogP contribution in [0.5, 0.6) is 0 Å². The molecule has 0 aromatic carbocycles. The third-order valence-corrected chi connectivity index (χ3v) is 7.74. The highest BCUT2D eigenvalue weighted by atomic mass is 16.2. The van der Waals surface area contributed by atoms with Gasteiger partial charge in [-0.2, -0.15) is 0 Å². The third-order valence-electron chi connectivity index (χ3n) is 7.74. The van der Waals surface area contributed by atoms with Crippen LogP contribution in [0.4, 0.5) is 0 Å². The smallest absolute Gasteiger partial charge is 0.223 e. The summed E-state index contributed by atoms with van der Waals surface area (Å²) in [5, 5.41) is 0. The molecule has 2 aliphatic carbocycles. The molecular weight excluding hydrogens is 370 g/mol. The van der Waals surface area contributed by atoms with Gasteiger partial charge < -0.3 is 14.7 Å². The van der Waals surface area contributed by atoms with E-state index in [0.29, 0.717) is 11.3 Å². The second-order valence-corrected chi connectivity index (χ2v) is 10.8. The first kappa shape index (κ1) is 25.6. The maximum absolute atomic E-state index is 13.7. The molecule has 0 bridgehead atoms. The number of nitrogens with zero attached hydrogens (tertiary/aromatic N) is 3. The second kappa shape index (κ2) is 13.7. The summed E-state index contributed by atoms with van der Waals surface area (Å²) in [6.07, 6.45) is 19.3. The van der Waals surface area contributed by atoms with Crippen molar-refractivity contribution in [3.8, 4) is 0 Å². The summed E-state index contributed by atoms with van der Waals surface area (Å²) in [6.45, 7) is 3.97. The molecule has 0 radical (unpaired) electrons. The lowest BCUT2D eigenvalue weighted by Gasteiger charge is -2.45. The molecule has 2 aliphatic rings. The molecule has 0 N–H and O–H groups in total. The van der Waals surface area contributed by atoms with E-state index in [1.54, 1.807) is 0 Å². The van der Waals surface area contributed by atoms with Gasteiger partial charge in [0.1, 0.15) is 0 Å². The molecule has 1 amide bonds. The Kier molecular flexibility index (Phi) is 11.7. The second-order valence-electron chi connectivity index (χ2n) is 10.8. The molecule has 0 unspecified atom stereocenters. The highest BCUT2D eigenvalue weighted by Crippen LogP contribution is 2.49. The zero-order valence-electron chi connectivity index (χ0n) is 20.8. The largest absolute Gasteiger partial charge is 0.343 e. The normalized spacial score (nSPS) is 20.9. The van der Waals surface area contributed by atoms with Gasteiger partial charge in [0.2, 0.25) is 5.91 Å². The fraction of sp³-hybridized carbons (Fsp3) is 0.962. The van der Waals surface area contributed by atoms with E-state index in [2.05, 4.69) is 42.9 Å². The molecule has 4 nitrogen and oxygen atoms in total. The molecule has 2 saturated carbocycles. The van der Waals surface area contributed by atoms with Crippen molar-refractivity contribution >= 4 is 5.91 Å². The summed E-state index contributed by atoms with van der Waals surface area (Å²) in [4.78, 5) is 20.4. The highest BCUT2D eigenvalue weighted by Gasteiger charge is 2.41. The Balaban J connectivity index is 2.08. The van der Waals surface area contributed by atoms with Gasteiger partial charge in [0.15, 0.2) is 0 Å². The van der Waals surface area contributed by atoms with Crippen LogP contribution in [0.25, 0.3) is 0 Å². The van der Waals surface area contributed by atoms with Gasteiger partial charge in [-0.1, -0.05) is 51.4 Å². The lowest BCUT2D eigenvalue weighted by Crippen LogP contribution is -2.42. The summed E-state index contributed by atoms with van der Waals surface area (Å²) in [6, 6.07) is 0.